The van der Waals surface area contributed by atoms with Crippen LogP contribution >= 0.6 is 0 Å². The standard InChI is InChI=1S/C21H27N3O5/c1-20(2,3)29-19(26)24-16(14-27-21(24,4)5)17(28-18(25)13-23-22)12-11-15-9-7-6-8-10-15/h6-13,16-17H,14H2,1-5H3/p+1/b12-11+,18-13-/t16-,17-/m0/s1. The lowest BCUT2D eigenvalue weighted by atomic mass is 10.1. The Labute approximate surface area is 171 Å². The van der Waals surface area contributed by atoms with E-state index in [1.54, 1.807) is 40.7 Å². The van der Waals surface area contributed by atoms with Crippen LogP contribution in [-0.4, -0.2) is 46.2 Å². The Bertz CT molecular complexity index is 806. The first-order valence-electron chi connectivity index (χ1n) is 9.33. The molecule has 0 aliphatic carbocycles. The molecule has 8 heteroatoms. The molecular formula is C21H28N3O5+. The maximum atomic E-state index is 12.9. The number of aliphatic hydroxyl groups is 1. The van der Waals surface area contributed by atoms with Crippen LogP contribution < -0.4 is 0 Å². The molecule has 0 spiro atoms. The molecule has 1 N–H and O–H groups in total. The van der Waals surface area contributed by atoms with Crippen molar-refractivity contribution >= 4 is 12.2 Å². The summed E-state index contributed by atoms with van der Waals surface area (Å²) in [5, 5.41) is 18.5. The lowest BCUT2D eigenvalue weighted by molar-refractivity contribution is -0.0694. The van der Waals surface area contributed by atoms with Crippen molar-refractivity contribution in [3.05, 3.63) is 59.1 Å². The zero-order valence-electron chi connectivity index (χ0n) is 17.4. The lowest BCUT2D eigenvalue weighted by Crippen LogP contribution is -2.53. The molecule has 1 amide bonds. The number of hydrogen-bond donors (Lipinski definition) is 1. The topological polar surface area (TPSA) is 96.4 Å². The molecule has 29 heavy (non-hydrogen) atoms. The fourth-order valence-corrected chi connectivity index (χ4v) is 2.98. The fourth-order valence-electron chi connectivity index (χ4n) is 2.98. The van der Waals surface area contributed by atoms with Crippen LogP contribution in [-0.2, 0) is 14.2 Å². The molecule has 2 atom stereocenters. The number of ether oxygens (including phenoxy) is 3. The molecule has 156 valence electrons. The van der Waals surface area contributed by atoms with Gasteiger partial charge in [0, 0.05) is 0 Å². The van der Waals surface area contributed by atoms with Gasteiger partial charge in [-0.3, -0.25) is 4.90 Å². The molecule has 1 aromatic carbocycles. The number of aliphatic hydroxyl groups excluding tert-OH is 1. The van der Waals surface area contributed by atoms with E-state index in [1.807, 2.05) is 36.4 Å². The predicted molar refractivity (Wildman–Crippen MR) is 108 cm³/mol. The molecule has 1 heterocycles. The monoisotopic (exact) mass is 402 g/mol. The van der Waals surface area contributed by atoms with Gasteiger partial charge in [0.1, 0.15) is 23.5 Å². The van der Waals surface area contributed by atoms with E-state index in [4.69, 9.17) is 19.6 Å². The summed E-state index contributed by atoms with van der Waals surface area (Å²) < 4.78 is 16.9. The van der Waals surface area contributed by atoms with Crippen molar-refractivity contribution in [2.24, 2.45) is 0 Å². The molecule has 0 radical (unpaired) electrons. The van der Waals surface area contributed by atoms with Gasteiger partial charge in [-0.2, -0.15) is 0 Å². The van der Waals surface area contributed by atoms with E-state index in [0.717, 1.165) is 11.8 Å². The van der Waals surface area contributed by atoms with Gasteiger partial charge in [0.05, 0.1) is 6.61 Å². The number of amides is 1. The molecule has 0 aromatic heterocycles. The van der Waals surface area contributed by atoms with Crippen LogP contribution in [0.1, 0.15) is 40.2 Å². The van der Waals surface area contributed by atoms with E-state index >= 15 is 0 Å². The van der Waals surface area contributed by atoms with Gasteiger partial charge in [0.15, 0.2) is 4.98 Å². The lowest BCUT2D eigenvalue weighted by Gasteiger charge is -2.36. The predicted octanol–water partition coefficient (Wildman–Crippen LogP) is 4.67. The number of nitrogens with zero attached hydrogens (tertiary/aromatic N) is 3. The van der Waals surface area contributed by atoms with Crippen molar-refractivity contribution in [3.8, 4) is 0 Å². The second-order valence-electron chi connectivity index (χ2n) is 8.11. The molecule has 1 fully saturated rings. The smallest absolute Gasteiger partial charge is 0.429 e. The van der Waals surface area contributed by atoms with Crippen LogP contribution in [0.3, 0.4) is 0 Å². The van der Waals surface area contributed by atoms with Gasteiger partial charge >= 0.3 is 18.2 Å². The van der Waals surface area contributed by atoms with Crippen LogP contribution in [0.15, 0.2) is 48.6 Å². The van der Waals surface area contributed by atoms with Gasteiger partial charge in [-0.05, 0) is 46.3 Å². The van der Waals surface area contributed by atoms with E-state index in [-0.39, 0.29) is 6.61 Å². The van der Waals surface area contributed by atoms with Gasteiger partial charge in [0.25, 0.3) is 0 Å². The molecule has 1 aromatic rings. The number of carbonyl (C=O) groups is 1. The molecule has 0 saturated carbocycles. The van der Waals surface area contributed by atoms with E-state index in [2.05, 4.69) is 4.98 Å². The maximum Gasteiger partial charge on any atom is 0.429 e. The normalized spacial score (nSPS) is 20.3. The third-order valence-electron chi connectivity index (χ3n) is 4.19. The van der Waals surface area contributed by atoms with Gasteiger partial charge in [-0.1, -0.05) is 36.4 Å². The van der Waals surface area contributed by atoms with Crippen LogP contribution in [0.4, 0.5) is 4.79 Å². The summed E-state index contributed by atoms with van der Waals surface area (Å²) in [7, 11) is 0. The number of diazo groups is 1. The van der Waals surface area contributed by atoms with Crippen LogP contribution in [0.5, 0.6) is 0 Å². The fraction of sp³-hybridized carbons (Fsp3) is 0.476. The first-order valence-corrected chi connectivity index (χ1v) is 9.33. The molecule has 0 unspecified atom stereocenters. The van der Waals surface area contributed by atoms with Crippen molar-refractivity contribution in [2.45, 2.75) is 58.1 Å². The Balaban J connectivity index is 2.36. The minimum Gasteiger partial charge on any atom is -0.476 e. The summed E-state index contributed by atoms with van der Waals surface area (Å²) in [5.74, 6) is -0.593. The molecule has 1 aliphatic rings. The van der Waals surface area contributed by atoms with E-state index in [9.17, 15) is 9.90 Å². The summed E-state index contributed by atoms with van der Waals surface area (Å²) in [6.07, 6.45) is 2.95. The van der Waals surface area contributed by atoms with E-state index in [1.165, 1.54) is 4.90 Å². The quantitative estimate of drug-likeness (QED) is 0.568. The Morgan fingerprint density at radius 2 is 2.03 bits per heavy atom. The Kier molecular flexibility index (Phi) is 6.88. The molecule has 0 bridgehead atoms. The Morgan fingerprint density at radius 1 is 1.38 bits per heavy atom. The third-order valence-corrected chi connectivity index (χ3v) is 4.19. The Morgan fingerprint density at radius 3 is 2.62 bits per heavy atom. The molecular weight excluding hydrogens is 374 g/mol. The number of benzene rings is 1. The highest BCUT2D eigenvalue weighted by molar-refractivity contribution is 5.70. The van der Waals surface area contributed by atoms with Crippen molar-refractivity contribution in [1.29, 1.82) is 5.39 Å². The average molecular weight is 402 g/mol. The minimum atomic E-state index is -0.935. The minimum absolute atomic E-state index is 0.166. The highest BCUT2D eigenvalue weighted by Crippen LogP contribution is 2.32. The second kappa shape index (κ2) is 8.97. The van der Waals surface area contributed by atoms with Gasteiger partial charge in [0.2, 0.25) is 5.39 Å². The average Bonchev–Trinajstić information content (AvgIpc) is 2.93. The van der Waals surface area contributed by atoms with Gasteiger partial charge in [-0.25, -0.2) is 4.79 Å². The van der Waals surface area contributed by atoms with Crippen molar-refractivity contribution in [3.63, 3.8) is 0 Å². The summed E-state index contributed by atoms with van der Waals surface area (Å²) in [5.41, 5.74) is -0.706. The van der Waals surface area contributed by atoms with Gasteiger partial charge < -0.3 is 19.3 Å². The zero-order chi connectivity index (χ0) is 21.7. The molecule has 8 nitrogen and oxygen atoms in total. The molecule has 1 saturated heterocycles. The highest BCUT2D eigenvalue weighted by Gasteiger charge is 2.49. The van der Waals surface area contributed by atoms with Gasteiger partial charge in [-0.15, -0.1) is 0 Å². The van der Waals surface area contributed by atoms with Crippen molar-refractivity contribution < 1.29 is 24.1 Å². The van der Waals surface area contributed by atoms with E-state index in [0.29, 0.717) is 0 Å². The van der Waals surface area contributed by atoms with Crippen molar-refractivity contribution in [2.75, 3.05) is 6.61 Å². The third kappa shape index (κ3) is 6.22. The summed E-state index contributed by atoms with van der Waals surface area (Å²) in [6.45, 7) is 9.03. The van der Waals surface area contributed by atoms with Crippen LogP contribution in [0.2, 0.25) is 0 Å². The number of rotatable bonds is 5. The summed E-state index contributed by atoms with van der Waals surface area (Å²) >= 11 is 0. The van der Waals surface area contributed by atoms with Crippen LogP contribution in [0.25, 0.3) is 11.1 Å². The first kappa shape index (κ1) is 22.2. The molecule has 1 aliphatic heterocycles. The number of carbonyl (C=O) groups excluding carboxylic acids is 1. The number of hydrogen-bond acceptors (Lipinski definition) is 6. The van der Waals surface area contributed by atoms with Crippen LogP contribution in [0, 0.1) is 5.39 Å². The van der Waals surface area contributed by atoms with Crippen molar-refractivity contribution in [1.82, 2.24) is 4.90 Å². The highest BCUT2D eigenvalue weighted by atomic mass is 16.6. The molecule has 2 rings (SSSR count). The first-order chi connectivity index (χ1) is 13.5. The summed E-state index contributed by atoms with van der Waals surface area (Å²) in [6, 6.07) is 8.92. The zero-order valence-corrected chi connectivity index (χ0v) is 17.4. The van der Waals surface area contributed by atoms with E-state index < -0.39 is 35.5 Å². The second-order valence-corrected chi connectivity index (χ2v) is 8.11. The SMILES string of the molecule is CC(C)(C)OC(=O)N1[C@H]([C@H](/C=C/c2ccccc2)O/C(O)=C\[N+]#N)COC1(C)C. The summed E-state index contributed by atoms with van der Waals surface area (Å²) in [4.78, 5) is 17.1. The largest absolute Gasteiger partial charge is 0.476 e. The maximum absolute atomic E-state index is 12.9. The Hall–Kier alpha value is -3.05.